The van der Waals surface area contributed by atoms with Crippen LogP contribution in [-0.2, 0) is 22.6 Å². The van der Waals surface area contributed by atoms with Crippen LogP contribution in [0.15, 0.2) is 46.9 Å². The minimum atomic E-state index is -1.82. The molecule has 0 aliphatic carbocycles. The van der Waals surface area contributed by atoms with Crippen molar-refractivity contribution in [2.45, 2.75) is 13.0 Å². The number of hydrogen-bond acceptors (Lipinski definition) is 4. The molecule has 0 amide bonds. The van der Waals surface area contributed by atoms with Gasteiger partial charge in [-0.25, -0.2) is 14.0 Å². The number of ether oxygens (including phenoxy) is 1. The Kier molecular flexibility index (Phi) is 9.32. The van der Waals surface area contributed by atoms with E-state index in [2.05, 4.69) is 21.2 Å². The van der Waals surface area contributed by atoms with Crippen molar-refractivity contribution in [3.8, 4) is 5.75 Å². The van der Waals surface area contributed by atoms with E-state index >= 15 is 0 Å². The molecule has 0 aromatic heterocycles. The van der Waals surface area contributed by atoms with Crippen molar-refractivity contribution < 1.29 is 28.9 Å². The summed E-state index contributed by atoms with van der Waals surface area (Å²) in [6.07, 6.45) is 0.800. The van der Waals surface area contributed by atoms with Gasteiger partial charge in [0.25, 0.3) is 0 Å². The first kappa shape index (κ1) is 21.6. The molecule has 26 heavy (non-hydrogen) atoms. The van der Waals surface area contributed by atoms with Gasteiger partial charge in [0, 0.05) is 16.6 Å². The molecule has 0 saturated heterocycles. The fourth-order valence-electron chi connectivity index (χ4n) is 2.03. The van der Waals surface area contributed by atoms with Crippen molar-refractivity contribution in [3.05, 3.63) is 63.9 Å². The van der Waals surface area contributed by atoms with E-state index in [1.54, 1.807) is 19.2 Å². The van der Waals surface area contributed by atoms with Crippen LogP contribution >= 0.6 is 15.9 Å². The fraction of sp³-hybridized carbons (Fsp3) is 0.222. The van der Waals surface area contributed by atoms with Gasteiger partial charge >= 0.3 is 11.9 Å². The maximum absolute atomic E-state index is 13.0. The minimum Gasteiger partial charge on any atom is -0.496 e. The van der Waals surface area contributed by atoms with Crippen LogP contribution in [0.3, 0.4) is 0 Å². The molecule has 0 radical (unpaired) electrons. The molecule has 0 unspecified atom stereocenters. The number of carbonyl (C=O) groups is 2. The molecule has 8 heteroatoms. The van der Waals surface area contributed by atoms with Gasteiger partial charge in [-0.05, 0) is 48.9 Å². The predicted molar refractivity (Wildman–Crippen MR) is 97.8 cm³/mol. The molecule has 0 saturated carbocycles. The second-order valence-electron chi connectivity index (χ2n) is 5.12. The lowest BCUT2D eigenvalue weighted by molar-refractivity contribution is -0.159. The molecule has 0 bridgehead atoms. The van der Waals surface area contributed by atoms with E-state index in [0.29, 0.717) is 0 Å². The summed E-state index contributed by atoms with van der Waals surface area (Å²) in [4.78, 5) is 18.2. The topological polar surface area (TPSA) is 95.9 Å². The summed E-state index contributed by atoms with van der Waals surface area (Å²) in [5.74, 6) is -2.97. The molecule has 0 aliphatic rings. The standard InChI is InChI=1S/C16H17BrFNO.C2H2O4/c1-20-16-6-5-14(17)10-13(16)11-19-8-7-12-3-2-4-15(18)9-12;3-1(4)2(5)6/h2-6,9-10,19H,7-8,11H2,1H3;(H,3,4)(H,5,6). The Morgan fingerprint density at radius 2 is 1.85 bits per heavy atom. The van der Waals surface area contributed by atoms with E-state index in [9.17, 15) is 4.39 Å². The monoisotopic (exact) mass is 427 g/mol. The van der Waals surface area contributed by atoms with Crippen LogP contribution in [0.25, 0.3) is 0 Å². The fourth-order valence-corrected chi connectivity index (χ4v) is 2.44. The number of aliphatic carboxylic acids is 2. The van der Waals surface area contributed by atoms with E-state index in [4.69, 9.17) is 24.5 Å². The average molecular weight is 428 g/mol. The van der Waals surface area contributed by atoms with E-state index in [-0.39, 0.29) is 5.82 Å². The first-order valence-corrected chi connectivity index (χ1v) is 8.36. The molecule has 2 aromatic carbocycles. The van der Waals surface area contributed by atoms with Gasteiger partial charge < -0.3 is 20.3 Å². The van der Waals surface area contributed by atoms with Gasteiger partial charge in [0.05, 0.1) is 7.11 Å². The Labute approximate surface area is 158 Å². The van der Waals surface area contributed by atoms with Crippen LogP contribution in [0, 0.1) is 5.82 Å². The van der Waals surface area contributed by atoms with Crippen LogP contribution < -0.4 is 10.1 Å². The molecule has 3 N–H and O–H groups in total. The highest BCUT2D eigenvalue weighted by Crippen LogP contribution is 2.22. The Balaban J connectivity index is 0.000000487. The van der Waals surface area contributed by atoms with Crippen LogP contribution in [-0.4, -0.2) is 35.8 Å². The normalized spacial score (nSPS) is 9.81. The van der Waals surface area contributed by atoms with Crippen molar-refractivity contribution in [3.63, 3.8) is 0 Å². The first-order valence-electron chi connectivity index (χ1n) is 7.57. The minimum absolute atomic E-state index is 0.184. The second kappa shape index (κ2) is 11.2. The number of carboxylic acid groups (broad SMARTS) is 2. The lowest BCUT2D eigenvalue weighted by Gasteiger charge is -2.10. The summed E-state index contributed by atoms with van der Waals surface area (Å²) < 4.78 is 19.4. The molecule has 0 fully saturated rings. The predicted octanol–water partition coefficient (Wildman–Crippen LogP) is 3.08. The summed E-state index contributed by atoms with van der Waals surface area (Å²) in [5, 5.41) is 18.1. The summed E-state index contributed by atoms with van der Waals surface area (Å²) in [5.41, 5.74) is 2.10. The smallest absolute Gasteiger partial charge is 0.414 e. The Hall–Kier alpha value is -2.45. The van der Waals surface area contributed by atoms with Crippen molar-refractivity contribution in [1.29, 1.82) is 0 Å². The number of carboxylic acids is 2. The lowest BCUT2D eigenvalue weighted by Crippen LogP contribution is -2.17. The molecule has 140 valence electrons. The van der Waals surface area contributed by atoms with E-state index in [0.717, 1.165) is 40.9 Å². The molecule has 0 spiro atoms. The number of nitrogens with one attached hydrogen (secondary N) is 1. The summed E-state index contributed by atoms with van der Waals surface area (Å²) >= 11 is 3.45. The quantitative estimate of drug-likeness (QED) is 0.484. The highest BCUT2D eigenvalue weighted by molar-refractivity contribution is 9.10. The van der Waals surface area contributed by atoms with Crippen LogP contribution in [0.4, 0.5) is 4.39 Å². The molecule has 2 rings (SSSR count). The van der Waals surface area contributed by atoms with Gasteiger partial charge in [0.1, 0.15) is 11.6 Å². The second-order valence-corrected chi connectivity index (χ2v) is 6.04. The lowest BCUT2D eigenvalue weighted by atomic mass is 10.1. The van der Waals surface area contributed by atoms with Gasteiger partial charge in [-0.3, -0.25) is 0 Å². The molecule has 2 aromatic rings. The SMILES string of the molecule is COc1ccc(Br)cc1CNCCc1cccc(F)c1.O=C(O)C(=O)O. The van der Waals surface area contributed by atoms with Gasteiger partial charge in [-0.2, -0.15) is 0 Å². The van der Waals surface area contributed by atoms with Crippen LogP contribution in [0.1, 0.15) is 11.1 Å². The number of rotatable bonds is 6. The molecular formula is C18H19BrFNO5. The molecule has 0 atom stereocenters. The zero-order valence-electron chi connectivity index (χ0n) is 14.0. The van der Waals surface area contributed by atoms with Crippen molar-refractivity contribution in [1.82, 2.24) is 5.32 Å². The van der Waals surface area contributed by atoms with Crippen LogP contribution in [0.2, 0.25) is 0 Å². The van der Waals surface area contributed by atoms with Crippen LogP contribution in [0.5, 0.6) is 5.75 Å². The maximum atomic E-state index is 13.0. The number of hydrogen-bond donors (Lipinski definition) is 3. The summed E-state index contributed by atoms with van der Waals surface area (Å²) in [6, 6.07) is 12.6. The Morgan fingerprint density at radius 3 is 2.42 bits per heavy atom. The number of benzene rings is 2. The van der Waals surface area contributed by atoms with E-state index in [1.807, 2.05) is 24.3 Å². The van der Waals surface area contributed by atoms with Crippen molar-refractivity contribution in [2.24, 2.45) is 0 Å². The summed E-state index contributed by atoms with van der Waals surface area (Å²) in [6.45, 7) is 1.51. The largest absolute Gasteiger partial charge is 0.496 e. The Bertz CT molecular complexity index is 742. The van der Waals surface area contributed by atoms with Gasteiger partial charge in [-0.1, -0.05) is 28.1 Å². The highest BCUT2D eigenvalue weighted by atomic mass is 79.9. The molecule has 0 aliphatic heterocycles. The van der Waals surface area contributed by atoms with E-state index < -0.39 is 11.9 Å². The third-order valence-corrected chi connectivity index (χ3v) is 3.71. The number of halogens is 2. The zero-order chi connectivity index (χ0) is 19.5. The molecule has 6 nitrogen and oxygen atoms in total. The third-order valence-electron chi connectivity index (χ3n) is 3.22. The van der Waals surface area contributed by atoms with Gasteiger partial charge in [-0.15, -0.1) is 0 Å². The van der Waals surface area contributed by atoms with Gasteiger partial charge in [0.2, 0.25) is 0 Å². The Morgan fingerprint density at radius 1 is 1.15 bits per heavy atom. The average Bonchev–Trinajstić information content (AvgIpc) is 2.59. The van der Waals surface area contributed by atoms with Gasteiger partial charge in [0.15, 0.2) is 0 Å². The molecular weight excluding hydrogens is 409 g/mol. The van der Waals surface area contributed by atoms with Crippen molar-refractivity contribution >= 4 is 27.9 Å². The first-order chi connectivity index (χ1) is 12.3. The zero-order valence-corrected chi connectivity index (χ0v) is 15.6. The third kappa shape index (κ3) is 8.09. The molecule has 0 heterocycles. The highest BCUT2D eigenvalue weighted by Gasteiger charge is 2.04. The van der Waals surface area contributed by atoms with E-state index in [1.165, 1.54) is 6.07 Å². The maximum Gasteiger partial charge on any atom is 0.414 e. The summed E-state index contributed by atoms with van der Waals surface area (Å²) in [7, 11) is 1.67. The van der Waals surface area contributed by atoms with Crippen molar-refractivity contribution in [2.75, 3.05) is 13.7 Å². The number of methoxy groups -OCH3 is 1.